The summed E-state index contributed by atoms with van der Waals surface area (Å²) in [6, 6.07) is 15.4. The number of carbonyl (C=O) groups excluding carboxylic acids is 2. The maximum Gasteiger partial charge on any atom is 0.255 e. The first-order chi connectivity index (χ1) is 22.5. The number of rotatable bonds is 12. The Morgan fingerprint density at radius 1 is 0.936 bits per heavy atom. The molecule has 1 aliphatic carbocycles. The maximum absolute atomic E-state index is 13.1. The smallest absolute Gasteiger partial charge is 0.255 e. The van der Waals surface area contributed by atoms with Crippen molar-refractivity contribution in [1.82, 2.24) is 24.4 Å². The Hall–Kier alpha value is -4.77. The zero-order valence-corrected chi connectivity index (χ0v) is 28.2. The lowest BCUT2D eigenvalue weighted by atomic mass is 9.91. The fraction of sp³-hybridized carbons (Fsp3) is 0.417. The van der Waals surface area contributed by atoms with Crippen molar-refractivity contribution < 1.29 is 9.59 Å². The normalized spacial score (nSPS) is 16.7. The van der Waals surface area contributed by atoms with Gasteiger partial charge in [-0.3, -0.25) is 9.59 Å². The standard InChI is InChI=1S/C36H47N9O2/c1-23(2)9-7-12-31(46)38-26-15-13-25(14-16-26)35(47)40-29-11-8-10-28(21-29)39-33-32-34(45(22-37-32)24(3)4)43-36(42-33)41-27-17-19-30(20-18-27)44(5)6/h7-8,10-16,21-24,27,30H,9,17-20H2,1-6H3,(H,38,46)(H,40,47)(H2,39,41,42,43)/b12-7+/t27-,30-. The lowest BCUT2D eigenvalue weighted by molar-refractivity contribution is -0.111. The number of hydrogen-bond donors (Lipinski definition) is 4. The highest BCUT2D eigenvalue weighted by molar-refractivity contribution is 6.05. The highest BCUT2D eigenvalue weighted by atomic mass is 16.2. The van der Waals surface area contributed by atoms with Crippen LogP contribution in [0.5, 0.6) is 0 Å². The number of benzene rings is 2. The van der Waals surface area contributed by atoms with E-state index in [9.17, 15) is 9.59 Å². The second-order valence-electron chi connectivity index (χ2n) is 13.2. The summed E-state index contributed by atoms with van der Waals surface area (Å²) in [6.45, 7) is 8.41. The Kier molecular flexibility index (Phi) is 10.9. The first-order valence-corrected chi connectivity index (χ1v) is 16.5. The van der Waals surface area contributed by atoms with Crippen molar-refractivity contribution in [1.29, 1.82) is 0 Å². The number of hydrogen-bond acceptors (Lipinski definition) is 8. The van der Waals surface area contributed by atoms with Crippen LogP contribution in [0.2, 0.25) is 0 Å². The number of fused-ring (bicyclic) bond motifs is 1. The van der Waals surface area contributed by atoms with Gasteiger partial charge in [0.1, 0.15) is 0 Å². The van der Waals surface area contributed by atoms with Gasteiger partial charge in [-0.2, -0.15) is 9.97 Å². The van der Waals surface area contributed by atoms with Crippen molar-refractivity contribution in [3.63, 3.8) is 0 Å². The molecule has 0 spiro atoms. The van der Waals surface area contributed by atoms with E-state index in [0.717, 1.165) is 43.4 Å². The highest BCUT2D eigenvalue weighted by Crippen LogP contribution is 2.29. The molecule has 1 fully saturated rings. The largest absolute Gasteiger partial charge is 0.351 e. The molecule has 0 radical (unpaired) electrons. The lowest BCUT2D eigenvalue weighted by Gasteiger charge is -2.33. The molecule has 1 saturated carbocycles. The molecule has 0 aliphatic heterocycles. The first-order valence-electron chi connectivity index (χ1n) is 16.5. The van der Waals surface area contributed by atoms with Crippen molar-refractivity contribution in [3.05, 3.63) is 72.6 Å². The quantitative estimate of drug-likeness (QED) is 0.120. The van der Waals surface area contributed by atoms with Gasteiger partial charge in [-0.25, -0.2) is 4.98 Å². The summed E-state index contributed by atoms with van der Waals surface area (Å²) in [5.41, 5.74) is 3.92. The number of aromatic nitrogens is 4. The van der Waals surface area contributed by atoms with Gasteiger partial charge in [-0.15, -0.1) is 0 Å². The van der Waals surface area contributed by atoms with Crippen LogP contribution >= 0.6 is 0 Å². The molecule has 11 heteroatoms. The molecule has 0 unspecified atom stereocenters. The van der Waals surface area contributed by atoms with Crippen LogP contribution < -0.4 is 21.3 Å². The highest BCUT2D eigenvalue weighted by Gasteiger charge is 2.24. The average molecular weight is 638 g/mol. The first kappa shape index (κ1) is 33.6. The minimum atomic E-state index is -0.257. The molecule has 1 aliphatic rings. The van der Waals surface area contributed by atoms with Gasteiger partial charge in [-0.05, 0) is 115 Å². The van der Waals surface area contributed by atoms with Crippen LogP contribution in [0.1, 0.15) is 76.2 Å². The molecule has 0 atom stereocenters. The Labute approximate surface area is 277 Å². The minimum absolute atomic E-state index is 0.182. The van der Waals surface area contributed by atoms with Gasteiger partial charge in [0.05, 0.1) is 6.33 Å². The van der Waals surface area contributed by atoms with Gasteiger partial charge in [0.2, 0.25) is 11.9 Å². The number of anilines is 5. The Balaban J connectivity index is 1.28. The molecule has 4 aromatic rings. The molecule has 0 saturated heterocycles. The zero-order chi connectivity index (χ0) is 33.5. The number of nitrogens with zero attached hydrogens (tertiary/aromatic N) is 5. The fourth-order valence-electron chi connectivity index (χ4n) is 5.72. The van der Waals surface area contributed by atoms with E-state index < -0.39 is 0 Å². The second kappa shape index (κ2) is 15.2. The van der Waals surface area contributed by atoms with E-state index in [4.69, 9.17) is 9.97 Å². The van der Waals surface area contributed by atoms with Crippen LogP contribution in [0.15, 0.2) is 67.0 Å². The molecular formula is C36H47N9O2. The van der Waals surface area contributed by atoms with E-state index in [-0.39, 0.29) is 17.9 Å². The van der Waals surface area contributed by atoms with Crippen molar-refractivity contribution in [2.75, 3.05) is 35.4 Å². The zero-order valence-electron chi connectivity index (χ0n) is 28.2. The predicted molar refractivity (Wildman–Crippen MR) is 190 cm³/mol. The van der Waals surface area contributed by atoms with Crippen molar-refractivity contribution in [2.45, 2.75) is 77.9 Å². The van der Waals surface area contributed by atoms with Crippen molar-refractivity contribution >= 4 is 51.8 Å². The number of imidazole rings is 1. The molecule has 2 heterocycles. The Bertz CT molecular complexity index is 1700. The number of allylic oxidation sites excluding steroid dienone is 1. The summed E-state index contributed by atoms with van der Waals surface area (Å²) < 4.78 is 2.05. The van der Waals surface area contributed by atoms with E-state index in [1.165, 1.54) is 0 Å². The molecule has 0 bridgehead atoms. The van der Waals surface area contributed by atoms with Crippen molar-refractivity contribution in [2.24, 2.45) is 5.92 Å². The van der Waals surface area contributed by atoms with Gasteiger partial charge in [0.15, 0.2) is 17.0 Å². The lowest BCUT2D eigenvalue weighted by Crippen LogP contribution is -2.36. The van der Waals surface area contributed by atoms with Gasteiger partial charge in [0, 0.05) is 40.8 Å². The number of amides is 2. The van der Waals surface area contributed by atoms with E-state index in [1.54, 1.807) is 36.7 Å². The third kappa shape index (κ3) is 8.94. The molecule has 248 valence electrons. The number of nitrogens with one attached hydrogen (secondary N) is 4. The fourth-order valence-corrected chi connectivity index (χ4v) is 5.72. The summed E-state index contributed by atoms with van der Waals surface area (Å²) in [5.74, 6) is 1.21. The summed E-state index contributed by atoms with van der Waals surface area (Å²) in [5, 5.41) is 12.8. The Morgan fingerprint density at radius 2 is 1.66 bits per heavy atom. The monoisotopic (exact) mass is 637 g/mol. The van der Waals surface area contributed by atoms with Gasteiger partial charge < -0.3 is 30.7 Å². The summed E-state index contributed by atoms with van der Waals surface area (Å²) in [7, 11) is 4.30. The van der Waals surface area contributed by atoms with Crippen molar-refractivity contribution in [3.8, 4) is 0 Å². The third-order valence-electron chi connectivity index (χ3n) is 8.41. The topological polar surface area (TPSA) is 129 Å². The summed E-state index contributed by atoms with van der Waals surface area (Å²) in [4.78, 5) is 42.0. The van der Waals surface area contributed by atoms with Gasteiger partial charge in [-0.1, -0.05) is 26.0 Å². The molecule has 2 aromatic heterocycles. The van der Waals surface area contributed by atoms with E-state index in [0.29, 0.717) is 52.2 Å². The molecule has 4 N–H and O–H groups in total. The van der Waals surface area contributed by atoms with Crippen LogP contribution in [-0.4, -0.2) is 62.4 Å². The van der Waals surface area contributed by atoms with Crippen LogP contribution in [-0.2, 0) is 4.79 Å². The molecule has 2 amide bonds. The molecule has 5 rings (SSSR count). The SMILES string of the molecule is CC(C)C/C=C/C(=O)Nc1ccc(C(=O)Nc2cccc(Nc3nc(N[C@H]4CC[C@H](N(C)C)CC4)nc4c3ncn4C(C)C)c2)cc1. The second-order valence-corrected chi connectivity index (χ2v) is 13.2. The van der Waals surface area contributed by atoms with Crippen LogP contribution in [0.3, 0.4) is 0 Å². The number of carbonyl (C=O) groups is 2. The van der Waals surface area contributed by atoms with Crippen LogP contribution in [0.25, 0.3) is 11.2 Å². The molecule has 2 aromatic carbocycles. The minimum Gasteiger partial charge on any atom is -0.351 e. The predicted octanol–water partition coefficient (Wildman–Crippen LogP) is 7.23. The average Bonchev–Trinajstić information content (AvgIpc) is 3.46. The van der Waals surface area contributed by atoms with Gasteiger partial charge >= 0.3 is 0 Å². The van der Waals surface area contributed by atoms with E-state index in [2.05, 4.69) is 72.9 Å². The van der Waals surface area contributed by atoms with Gasteiger partial charge in [0.25, 0.3) is 5.91 Å². The van der Waals surface area contributed by atoms with Crippen LogP contribution in [0, 0.1) is 5.92 Å². The van der Waals surface area contributed by atoms with Crippen LogP contribution in [0.4, 0.5) is 28.8 Å². The molecule has 11 nitrogen and oxygen atoms in total. The van der Waals surface area contributed by atoms with E-state index >= 15 is 0 Å². The summed E-state index contributed by atoms with van der Waals surface area (Å²) in [6.07, 6.45) is 10.4. The molecular weight excluding hydrogens is 590 g/mol. The third-order valence-corrected chi connectivity index (χ3v) is 8.41. The molecule has 47 heavy (non-hydrogen) atoms. The maximum atomic E-state index is 13.1. The summed E-state index contributed by atoms with van der Waals surface area (Å²) >= 11 is 0. The Morgan fingerprint density at radius 3 is 2.34 bits per heavy atom. The van der Waals surface area contributed by atoms with E-state index in [1.807, 2.05) is 34.9 Å².